The summed E-state index contributed by atoms with van der Waals surface area (Å²) in [4.78, 5) is 0. The molecule has 0 spiro atoms. The van der Waals surface area contributed by atoms with Crippen LogP contribution in [0.4, 0.5) is 13.2 Å². The number of alkyl halides is 3. The SMILES string of the molecule is CCc1cc(C)nn1-c1ccc(C(F)(F)F)cc1. The lowest BCUT2D eigenvalue weighted by atomic mass is 10.2. The topological polar surface area (TPSA) is 17.8 Å². The Kier molecular flexibility index (Phi) is 3.15. The van der Waals surface area contributed by atoms with Crippen molar-refractivity contribution in [2.75, 3.05) is 0 Å². The number of aromatic nitrogens is 2. The molecular weight excluding hydrogens is 241 g/mol. The van der Waals surface area contributed by atoms with E-state index in [1.54, 1.807) is 4.68 Å². The van der Waals surface area contributed by atoms with E-state index in [1.165, 1.54) is 12.1 Å². The van der Waals surface area contributed by atoms with Crippen molar-refractivity contribution >= 4 is 0 Å². The summed E-state index contributed by atoms with van der Waals surface area (Å²) in [6.07, 6.45) is -3.52. The molecule has 0 radical (unpaired) electrons. The quantitative estimate of drug-likeness (QED) is 0.797. The van der Waals surface area contributed by atoms with Gasteiger partial charge in [-0.3, -0.25) is 0 Å². The Morgan fingerprint density at radius 3 is 2.28 bits per heavy atom. The predicted octanol–water partition coefficient (Wildman–Crippen LogP) is 3.76. The largest absolute Gasteiger partial charge is 0.416 e. The van der Waals surface area contributed by atoms with Gasteiger partial charge in [-0.25, -0.2) is 4.68 Å². The molecule has 2 aromatic rings. The molecule has 0 saturated carbocycles. The molecule has 0 aliphatic rings. The standard InChI is InChI=1S/C13H13F3N2/c1-3-11-8-9(2)17-18(11)12-6-4-10(5-7-12)13(14,15)16/h4-8H,3H2,1-2H3. The van der Waals surface area contributed by atoms with E-state index in [2.05, 4.69) is 5.10 Å². The monoisotopic (exact) mass is 254 g/mol. The van der Waals surface area contributed by atoms with Gasteiger partial charge in [0, 0.05) is 5.69 Å². The number of benzene rings is 1. The summed E-state index contributed by atoms with van der Waals surface area (Å²) in [7, 11) is 0. The molecule has 1 aromatic carbocycles. The lowest BCUT2D eigenvalue weighted by Crippen LogP contribution is -2.06. The number of hydrogen-bond donors (Lipinski definition) is 0. The molecular formula is C13H13F3N2. The molecule has 0 bridgehead atoms. The van der Waals surface area contributed by atoms with E-state index < -0.39 is 11.7 Å². The van der Waals surface area contributed by atoms with Crippen LogP contribution in [0.1, 0.15) is 23.9 Å². The molecule has 96 valence electrons. The van der Waals surface area contributed by atoms with Crippen LogP contribution in [0.3, 0.4) is 0 Å². The summed E-state index contributed by atoms with van der Waals surface area (Å²) >= 11 is 0. The second-order valence-corrected chi connectivity index (χ2v) is 4.09. The van der Waals surface area contributed by atoms with E-state index in [1.807, 2.05) is 19.9 Å². The van der Waals surface area contributed by atoms with E-state index in [-0.39, 0.29) is 0 Å². The van der Waals surface area contributed by atoms with Crippen molar-refractivity contribution in [1.82, 2.24) is 9.78 Å². The van der Waals surface area contributed by atoms with Crippen LogP contribution < -0.4 is 0 Å². The van der Waals surface area contributed by atoms with Crippen LogP contribution in [0, 0.1) is 6.92 Å². The van der Waals surface area contributed by atoms with Crippen molar-refractivity contribution in [3.8, 4) is 5.69 Å². The molecule has 0 aliphatic heterocycles. The van der Waals surface area contributed by atoms with Crippen molar-refractivity contribution in [1.29, 1.82) is 0 Å². The summed E-state index contributed by atoms with van der Waals surface area (Å²) in [5, 5.41) is 4.28. The Bertz CT molecular complexity index is 538. The van der Waals surface area contributed by atoms with Crippen LogP contribution in [0.25, 0.3) is 5.69 Å². The predicted molar refractivity (Wildman–Crippen MR) is 62.7 cm³/mol. The first-order valence-corrected chi connectivity index (χ1v) is 5.65. The van der Waals surface area contributed by atoms with Gasteiger partial charge in [0.2, 0.25) is 0 Å². The zero-order valence-electron chi connectivity index (χ0n) is 10.1. The van der Waals surface area contributed by atoms with Crippen LogP contribution in [0.5, 0.6) is 0 Å². The molecule has 0 unspecified atom stereocenters. The molecule has 0 amide bonds. The Hall–Kier alpha value is -1.78. The highest BCUT2D eigenvalue weighted by Gasteiger charge is 2.30. The second-order valence-electron chi connectivity index (χ2n) is 4.09. The fourth-order valence-corrected chi connectivity index (χ4v) is 1.82. The fourth-order valence-electron chi connectivity index (χ4n) is 1.82. The van der Waals surface area contributed by atoms with Gasteiger partial charge in [-0.1, -0.05) is 6.92 Å². The van der Waals surface area contributed by atoms with E-state index in [0.29, 0.717) is 5.69 Å². The maximum absolute atomic E-state index is 12.4. The zero-order chi connectivity index (χ0) is 13.3. The van der Waals surface area contributed by atoms with Gasteiger partial charge in [0.25, 0.3) is 0 Å². The van der Waals surface area contributed by atoms with Gasteiger partial charge in [-0.15, -0.1) is 0 Å². The van der Waals surface area contributed by atoms with Crippen molar-refractivity contribution in [3.05, 3.63) is 47.3 Å². The van der Waals surface area contributed by atoms with Crippen molar-refractivity contribution in [2.24, 2.45) is 0 Å². The zero-order valence-corrected chi connectivity index (χ0v) is 10.1. The molecule has 1 aromatic heterocycles. The van der Waals surface area contributed by atoms with Gasteiger partial charge >= 0.3 is 6.18 Å². The van der Waals surface area contributed by atoms with Crippen LogP contribution in [0.2, 0.25) is 0 Å². The third-order valence-corrected chi connectivity index (χ3v) is 2.71. The summed E-state index contributed by atoms with van der Waals surface area (Å²) in [5.41, 5.74) is 1.83. The molecule has 0 saturated heterocycles. The number of hydrogen-bond acceptors (Lipinski definition) is 1. The van der Waals surface area contributed by atoms with Gasteiger partial charge in [0.1, 0.15) is 0 Å². The highest BCUT2D eigenvalue weighted by Crippen LogP contribution is 2.29. The van der Waals surface area contributed by atoms with E-state index in [4.69, 9.17) is 0 Å². The number of nitrogens with zero attached hydrogens (tertiary/aromatic N) is 2. The van der Waals surface area contributed by atoms with Crippen LogP contribution in [0.15, 0.2) is 30.3 Å². The van der Waals surface area contributed by atoms with Crippen LogP contribution in [-0.2, 0) is 12.6 Å². The molecule has 0 atom stereocenters. The number of halogens is 3. The van der Waals surface area contributed by atoms with Gasteiger partial charge in [0.15, 0.2) is 0 Å². The normalized spacial score (nSPS) is 11.8. The Balaban J connectivity index is 2.40. The van der Waals surface area contributed by atoms with Gasteiger partial charge in [-0.05, 0) is 43.7 Å². The molecule has 1 heterocycles. The average molecular weight is 254 g/mol. The Morgan fingerprint density at radius 1 is 1.17 bits per heavy atom. The first-order valence-electron chi connectivity index (χ1n) is 5.65. The van der Waals surface area contributed by atoms with Crippen LogP contribution in [-0.4, -0.2) is 9.78 Å². The Labute approximate surface area is 103 Å². The minimum Gasteiger partial charge on any atom is -0.238 e. The lowest BCUT2D eigenvalue weighted by molar-refractivity contribution is -0.137. The third kappa shape index (κ3) is 2.39. The van der Waals surface area contributed by atoms with Gasteiger partial charge < -0.3 is 0 Å². The third-order valence-electron chi connectivity index (χ3n) is 2.71. The molecule has 0 aliphatic carbocycles. The molecule has 5 heteroatoms. The maximum atomic E-state index is 12.4. The molecule has 18 heavy (non-hydrogen) atoms. The first-order chi connectivity index (χ1) is 8.41. The van der Waals surface area contributed by atoms with Crippen molar-refractivity contribution < 1.29 is 13.2 Å². The smallest absolute Gasteiger partial charge is 0.238 e. The molecule has 2 rings (SSSR count). The second kappa shape index (κ2) is 4.48. The van der Waals surface area contributed by atoms with E-state index >= 15 is 0 Å². The van der Waals surface area contributed by atoms with E-state index in [0.717, 1.165) is 29.9 Å². The Morgan fingerprint density at radius 2 is 1.78 bits per heavy atom. The number of rotatable bonds is 2. The highest BCUT2D eigenvalue weighted by molar-refractivity contribution is 5.37. The molecule has 0 N–H and O–H groups in total. The summed E-state index contributed by atoms with van der Waals surface area (Å²) < 4.78 is 39.0. The van der Waals surface area contributed by atoms with Gasteiger partial charge in [-0.2, -0.15) is 18.3 Å². The summed E-state index contributed by atoms with van der Waals surface area (Å²) in [6.45, 7) is 3.84. The average Bonchev–Trinajstić information content (AvgIpc) is 2.69. The first kappa shape index (κ1) is 12.7. The maximum Gasteiger partial charge on any atom is 0.416 e. The summed E-state index contributed by atoms with van der Waals surface area (Å²) in [6, 6.07) is 6.96. The summed E-state index contributed by atoms with van der Waals surface area (Å²) in [5.74, 6) is 0. The van der Waals surface area contributed by atoms with Crippen molar-refractivity contribution in [3.63, 3.8) is 0 Å². The highest BCUT2D eigenvalue weighted by atomic mass is 19.4. The lowest BCUT2D eigenvalue weighted by Gasteiger charge is -2.09. The van der Waals surface area contributed by atoms with Crippen molar-refractivity contribution in [2.45, 2.75) is 26.4 Å². The van der Waals surface area contributed by atoms with Gasteiger partial charge in [0.05, 0.1) is 16.9 Å². The van der Waals surface area contributed by atoms with E-state index in [9.17, 15) is 13.2 Å². The minimum atomic E-state index is -4.30. The number of aryl methyl sites for hydroxylation is 2. The minimum absolute atomic E-state index is 0.645. The fraction of sp³-hybridized carbons (Fsp3) is 0.308. The molecule has 2 nitrogen and oxygen atoms in total. The van der Waals surface area contributed by atoms with Crippen LogP contribution >= 0.6 is 0 Å². The molecule has 0 fully saturated rings.